The van der Waals surface area contributed by atoms with Crippen molar-refractivity contribution in [3.63, 3.8) is 0 Å². The van der Waals surface area contributed by atoms with Crippen LogP contribution in [-0.2, 0) is 26.5 Å². The van der Waals surface area contributed by atoms with Gasteiger partial charge in [0.15, 0.2) is 0 Å². The summed E-state index contributed by atoms with van der Waals surface area (Å²) < 4.78 is 66.4. The summed E-state index contributed by atoms with van der Waals surface area (Å²) in [5.74, 6) is -0.710. The molecule has 0 saturated carbocycles. The number of hydrogen-bond acceptors (Lipinski definition) is 4. The summed E-state index contributed by atoms with van der Waals surface area (Å²) in [5, 5.41) is -0.0797. The monoisotopic (exact) mass is 418 g/mol. The molecule has 1 aliphatic rings. The van der Waals surface area contributed by atoms with E-state index in [1.54, 1.807) is 18.2 Å². The molecule has 0 amide bonds. The zero-order valence-electron chi connectivity index (χ0n) is 13.7. The lowest BCUT2D eigenvalue weighted by Crippen LogP contribution is -2.36. The predicted molar refractivity (Wildman–Crippen MR) is 99.2 cm³/mol. The van der Waals surface area contributed by atoms with Gasteiger partial charge < -0.3 is 0 Å². The van der Waals surface area contributed by atoms with Crippen LogP contribution >= 0.6 is 11.6 Å². The van der Waals surface area contributed by atoms with Gasteiger partial charge in [0, 0.05) is 12.1 Å². The Morgan fingerprint density at radius 3 is 2.58 bits per heavy atom. The topological polar surface area (TPSA) is 83.6 Å². The number of sulfonamides is 2. The van der Waals surface area contributed by atoms with Gasteiger partial charge in [-0.25, -0.2) is 21.2 Å². The highest BCUT2D eigenvalue weighted by Crippen LogP contribution is 2.37. The average Bonchev–Trinajstić information content (AvgIpc) is 2.55. The molecule has 26 heavy (non-hydrogen) atoms. The summed E-state index contributed by atoms with van der Waals surface area (Å²) in [6, 6.07) is 7.88. The van der Waals surface area contributed by atoms with Gasteiger partial charge in [-0.05, 0) is 43.2 Å². The quantitative estimate of drug-likeness (QED) is 0.827. The van der Waals surface area contributed by atoms with E-state index in [0.29, 0.717) is 29.8 Å². The van der Waals surface area contributed by atoms with Crippen molar-refractivity contribution in [1.82, 2.24) is 0 Å². The lowest BCUT2D eigenvalue weighted by atomic mass is 10.0. The summed E-state index contributed by atoms with van der Waals surface area (Å²) in [7, 11) is -7.62. The van der Waals surface area contributed by atoms with Crippen molar-refractivity contribution in [2.24, 2.45) is 0 Å². The summed E-state index contributed by atoms with van der Waals surface area (Å²) in [6.07, 6.45) is 2.02. The van der Waals surface area contributed by atoms with Gasteiger partial charge in [-0.1, -0.05) is 17.7 Å². The molecule has 0 aliphatic carbocycles. The van der Waals surface area contributed by atoms with Crippen LogP contribution in [0.15, 0.2) is 41.3 Å². The van der Waals surface area contributed by atoms with Gasteiger partial charge in [0.05, 0.1) is 22.7 Å². The first-order valence-corrected chi connectivity index (χ1v) is 11.4. The third-order valence-electron chi connectivity index (χ3n) is 3.96. The molecule has 1 aliphatic heterocycles. The highest BCUT2D eigenvalue weighted by molar-refractivity contribution is 7.93. The van der Waals surface area contributed by atoms with E-state index in [9.17, 15) is 21.2 Å². The van der Waals surface area contributed by atoms with Gasteiger partial charge in [0.25, 0.3) is 10.0 Å². The van der Waals surface area contributed by atoms with Crippen molar-refractivity contribution in [1.29, 1.82) is 0 Å². The number of rotatable bonds is 4. The van der Waals surface area contributed by atoms with E-state index in [0.717, 1.165) is 22.7 Å². The van der Waals surface area contributed by atoms with E-state index in [1.165, 1.54) is 6.07 Å². The molecule has 0 atom stereocenters. The zero-order valence-corrected chi connectivity index (χ0v) is 16.1. The molecule has 1 N–H and O–H groups in total. The maximum absolute atomic E-state index is 13.6. The highest BCUT2D eigenvalue weighted by Gasteiger charge is 2.32. The molecule has 0 spiro atoms. The molecule has 0 aromatic heterocycles. The van der Waals surface area contributed by atoms with E-state index in [2.05, 4.69) is 4.72 Å². The van der Waals surface area contributed by atoms with Gasteiger partial charge in [-0.3, -0.25) is 9.03 Å². The summed E-state index contributed by atoms with van der Waals surface area (Å²) in [5.41, 5.74) is 1.25. The number of anilines is 2. The van der Waals surface area contributed by atoms with E-state index in [4.69, 9.17) is 11.6 Å². The lowest BCUT2D eigenvalue weighted by Gasteiger charge is -2.32. The molecule has 0 radical (unpaired) electrons. The van der Waals surface area contributed by atoms with E-state index in [1.807, 2.05) is 0 Å². The SMILES string of the molecule is CS(=O)(=O)Nc1cccc2c1CCCN2S(=O)(=O)c1cc(F)ccc1Cl. The average molecular weight is 419 g/mol. The number of hydrogen-bond donors (Lipinski definition) is 1. The Morgan fingerprint density at radius 1 is 1.15 bits per heavy atom. The van der Waals surface area contributed by atoms with Crippen molar-refractivity contribution < 1.29 is 21.2 Å². The van der Waals surface area contributed by atoms with Crippen molar-refractivity contribution in [2.75, 3.05) is 21.8 Å². The van der Waals surface area contributed by atoms with Crippen LogP contribution in [0.5, 0.6) is 0 Å². The first-order valence-electron chi connectivity index (χ1n) is 7.67. The van der Waals surface area contributed by atoms with Crippen molar-refractivity contribution in [3.8, 4) is 0 Å². The molecule has 10 heteroatoms. The maximum atomic E-state index is 13.6. The number of halogens is 2. The molecule has 3 rings (SSSR count). The second-order valence-electron chi connectivity index (χ2n) is 5.93. The number of nitrogens with one attached hydrogen (secondary N) is 1. The fraction of sp³-hybridized carbons (Fsp3) is 0.250. The molecule has 2 aromatic carbocycles. The number of fused-ring (bicyclic) bond motifs is 1. The largest absolute Gasteiger partial charge is 0.283 e. The molecule has 1 heterocycles. The highest BCUT2D eigenvalue weighted by atomic mass is 35.5. The normalized spacial score (nSPS) is 14.8. The van der Waals surface area contributed by atoms with Gasteiger partial charge >= 0.3 is 0 Å². The van der Waals surface area contributed by atoms with Gasteiger partial charge in [-0.2, -0.15) is 0 Å². The smallest absolute Gasteiger partial charge is 0.265 e. The molecule has 0 bridgehead atoms. The molecular formula is C16H16ClFN2O4S2. The van der Waals surface area contributed by atoms with Gasteiger partial charge in [0.1, 0.15) is 10.7 Å². The summed E-state index contributed by atoms with van der Waals surface area (Å²) in [4.78, 5) is -0.325. The first-order chi connectivity index (χ1) is 12.1. The minimum absolute atomic E-state index is 0.0797. The fourth-order valence-electron chi connectivity index (χ4n) is 2.93. The minimum atomic E-state index is -4.10. The minimum Gasteiger partial charge on any atom is -0.283 e. The number of benzene rings is 2. The molecular weight excluding hydrogens is 403 g/mol. The van der Waals surface area contributed by atoms with E-state index < -0.39 is 25.9 Å². The Morgan fingerprint density at radius 2 is 1.88 bits per heavy atom. The van der Waals surface area contributed by atoms with Crippen LogP contribution in [0.1, 0.15) is 12.0 Å². The van der Waals surface area contributed by atoms with E-state index in [-0.39, 0.29) is 16.5 Å². The van der Waals surface area contributed by atoms with Crippen LogP contribution in [0.4, 0.5) is 15.8 Å². The first kappa shape index (κ1) is 18.9. The third-order valence-corrected chi connectivity index (χ3v) is 6.85. The van der Waals surface area contributed by atoms with Crippen LogP contribution in [-0.4, -0.2) is 29.6 Å². The third kappa shape index (κ3) is 3.65. The van der Waals surface area contributed by atoms with E-state index >= 15 is 0 Å². The second-order valence-corrected chi connectivity index (χ2v) is 9.92. The number of nitrogens with zero attached hydrogens (tertiary/aromatic N) is 1. The molecule has 0 saturated heterocycles. The summed E-state index contributed by atoms with van der Waals surface area (Å²) >= 11 is 5.98. The Labute approximate surface area is 156 Å². The van der Waals surface area contributed by atoms with Crippen LogP contribution in [0, 0.1) is 5.82 Å². The maximum Gasteiger partial charge on any atom is 0.265 e. The molecule has 140 valence electrons. The van der Waals surface area contributed by atoms with Crippen molar-refractivity contribution >= 4 is 43.0 Å². The Bertz CT molecular complexity index is 1070. The fourth-order valence-corrected chi connectivity index (χ4v) is 5.54. The van der Waals surface area contributed by atoms with Crippen molar-refractivity contribution in [2.45, 2.75) is 17.7 Å². The second kappa shape index (κ2) is 6.71. The Balaban J connectivity index is 2.13. The Hall–Kier alpha value is -1.84. The standard InChI is InChI=1S/C16H16ClFN2O4S2/c1-25(21,22)19-14-5-2-6-15-12(14)4-3-9-20(15)26(23,24)16-10-11(18)7-8-13(16)17/h2,5-8,10,19H,3-4,9H2,1H3. The summed E-state index contributed by atoms with van der Waals surface area (Å²) in [6.45, 7) is 0.185. The van der Waals surface area contributed by atoms with Crippen molar-refractivity contribution in [3.05, 3.63) is 52.8 Å². The van der Waals surface area contributed by atoms with Gasteiger partial charge in [0.2, 0.25) is 10.0 Å². The molecule has 6 nitrogen and oxygen atoms in total. The lowest BCUT2D eigenvalue weighted by molar-refractivity contribution is 0.582. The van der Waals surface area contributed by atoms with Crippen LogP contribution < -0.4 is 9.03 Å². The molecule has 0 unspecified atom stereocenters. The van der Waals surface area contributed by atoms with Gasteiger partial charge in [-0.15, -0.1) is 0 Å². The molecule has 2 aromatic rings. The predicted octanol–water partition coefficient (Wildman–Crippen LogP) is 2.99. The molecule has 0 fully saturated rings. The van der Waals surface area contributed by atoms with Crippen LogP contribution in [0.2, 0.25) is 5.02 Å². The Kier molecular flexibility index (Phi) is 4.89. The zero-order chi connectivity index (χ0) is 19.1. The van der Waals surface area contributed by atoms with Crippen LogP contribution in [0.3, 0.4) is 0 Å². The van der Waals surface area contributed by atoms with Crippen LogP contribution in [0.25, 0.3) is 0 Å².